The van der Waals surface area contributed by atoms with Crippen LogP contribution in [0.4, 0.5) is 0 Å². The van der Waals surface area contributed by atoms with Gasteiger partial charge in [-0.05, 0) is 210 Å². The van der Waals surface area contributed by atoms with Gasteiger partial charge in [0.1, 0.15) is 34.5 Å². The maximum atomic E-state index is 14.3. The highest BCUT2D eigenvalue weighted by Crippen LogP contribution is 2.42. The Morgan fingerprint density at radius 1 is 0.269 bits per heavy atom. The van der Waals surface area contributed by atoms with Crippen molar-refractivity contribution in [2.75, 3.05) is 79.3 Å². The summed E-state index contributed by atoms with van der Waals surface area (Å²) in [4.78, 5) is 83.7. The Bertz CT molecular complexity index is 3620. The molecule has 0 atom stereocenters. The van der Waals surface area contributed by atoms with Crippen molar-refractivity contribution in [3.63, 3.8) is 0 Å². The standard InChI is InChI=1S/C88H106O20/c1-5-9-11-13-15-23-53-99-71-39-27-65(28-40-71)81(89)103-75-47-35-69(36-48-75)85(93)107-79-57-78(106-84(92)68-33-45-74(46-34-68)102-56-26-20-18-22-52-96-60-88(8-4)63-98-64-88)80(58-77(79)105-83(91)67-31-43-73(44-32-67)101-55-25-19-17-21-51-95-59-87(7-3)61-97-62-87)108-86(94)70-37-49-76(50-38-70)104-82(90)66-29-41-72(42-30-66)100-54-24-16-14-12-10-6-2/h27-50,57-58H,5-26,51-56,59-64H2,1-4H3. The number of rotatable bonds is 50. The van der Waals surface area contributed by atoms with Gasteiger partial charge in [-0.15, -0.1) is 0 Å². The Kier molecular flexibility index (Phi) is 34.1. The van der Waals surface area contributed by atoms with Crippen LogP contribution in [0.5, 0.6) is 57.5 Å². The van der Waals surface area contributed by atoms with Crippen molar-refractivity contribution in [3.8, 4) is 57.5 Å². The van der Waals surface area contributed by atoms with Crippen molar-refractivity contribution in [3.05, 3.63) is 191 Å². The molecule has 0 radical (unpaired) electrons. The largest absolute Gasteiger partial charge is 0.494 e. The highest BCUT2D eigenvalue weighted by molar-refractivity contribution is 5.97. The maximum Gasteiger partial charge on any atom is 0.343 e. The molecule has 0 amide bonds. The normalized spacial score (nSPS) is 13.2. The molecule has 0 spiro atoms. The van der Waals surface area contributed by atoms with Crippen LogP contribution in [0.25, 0.3) is 0 Å². The van der Waals surface area contributed by atoms with Gasteiger partial charge in [0.15, 0.2) is 23.0 Å². The summed E-state index contributed by atoms with van der Waals surface area (Å²) in [5.41, 5.74) is 0.961. The van der Waals surface area contributed by atoms with E-state index < -0.39 is 58.8 Å². The van der Waals surface area contributed by atoms with Crippen molar-refractivity contribution in [1.82, 2.24) is 0 Å². The molecule has 0 unspecified atom stereocenters. The van der Waals surface area contributed by atoms with E-state index in [2.05, 4.69) is 27.7 Å². The fourth-order valence-electron chi connectivity index (χ4n) is 11.9. The molecule has 0 saturated carbocycles. The lowest BCUT2D eigenvalue weighted by Gasteiger charge is -2.40. The molecule has 0 bridgehead atoms. The number of hydrogen-bond acceptors (Lipinski definition) is 20. The van der Waals surface area contributed by atoms with Crippen molar-refractivity contribution >= 4 is 35.8 Å². The SMILES string of the molecule is CCCCCCCCOc1ccc(C(=O)Oc2ccc(C(=O)Oc3cc(OC(=O)c4ccc(OCCCCCCOCC5(CC)COC5)cc4)c(OC(=O)c4ccc(OC(=O)c5ccc(OCCCCCCCC)cc5)cc4)cc3OC(=O)c3ccc(OCCCCCCOCC4(CC)COC4)cc3)cc2)cc1. The van der Waals surface area contributed by atoms with Gasteiger partial charge < -0.3 is 66.3 Å². The van der Waals surface area contributed by atoms with E-state index in [0.717, 1.165) is 128 Å². The lowest BCUT2D eigenvalue weighted by molar-refractivity contribution is -0.150. The summed E-state index contributed by atoms with van der Waals surface area (Å²) in [7, 11) is 0. The summed E-state index contributed by atoms with van der Waals surface area (Å²) in [6.45, 7) is 16.6. The molecular weight excluding hydrogens is 1380 g/mol. The number of hydrogen-bond donors (Lipinski definition) is 0. The Balaban J connectivity index is 0.897. The molecule has 2 heterocycles. The number of esters is 6. The summed E-state index contributed by atoms with van der Waals surface area (Å²) in [5, 5.41) is 0. The third kappa shape index (κ3) is 27.0. The predicted molar refractivity (Wildman–Crippen MR) is 409 cm³/mol. The molecule has 0 aromatic heterocycles. The molecule has 0 N–H and O–H groups in total. The van der Waals surface area contributed by atoms with Crippen LogP contribution < -0.4 is 47.4 Å². The molecule has 7 aromatic carbocycles. The van der Waals surface area contributed by atoms with Crippen LogP contribution in [0.15, 0.2) is 158 Å². The molecular formula is C88H106O20. The Labute approximate surface area is 635 Å². The monoisotopic (exact) mass is 1480 g/mol. The average Bonchev–Trinajstić information content (AvgIpc) is 0.799. The summed E-state index contributed by atoms with van der Waals surface area (Å²) >= 11 is 0. The highest BCUT2D eigenvalue weighted by atomic mass is 16.6. The number of carbonyl (C=O) groups is 6. The van der Waals surface area contributed by atoms with Crippen molar-refractivity contribution in [2.24, 2.45) is 10.8 Å². The van der Waals surface area contributed by atoms with Gasteiger partial charge in [-0.25, -0.2) is 28.8 Å². The topological polar surface area (TPSA) is 232 Å². The molecule has 7 aromatic rings. The van der Waals surface area contributed by atoms with Crippen LogP contribution >= 0.6 is 0 Å². The van der Waals surface area contributed by atoms with Crippen LogP contribution in [-0.4, -0.2) is 115 Å². The van der Waals surface area contributed by atoms with Crippen LogP contribution in [0.2, 0.25) is 0 Å². The van der Waals surface area contributed by atoms with Gasteiger partial charge in [0.05, 0.1) is 99.4 Å². The van der Waals surface area contributed by atoms with Crippen LogP contribution in [0.1, 0.15) is 231 Å². The van der Waals surface area contributed by atoms with Crippen LogP contribution in [-0.2, 0) is 18.9 Å². The fourth-order valence-corrected chi connectivity index (χ4v) is 11.9. The average molecular weight is 1480 g/mol. The van der Waals surface area contributed by atoms with E-state index in [4.69, 9.17) is 66.3 Å². The number of benzene rings is 7. The zero-order valence-corrected chi connectivity index (χ0v) is 63.2. The minimum absolute atomic E-state index is 0.0270. The summed E-state index contributed by atoms with van der Waals surface area (Å²) in [6.07, 6.45) is 23.0. The van der Waals surface area contributed by atoms with Gasteiger partial charge in [0.25, 0.3) is 0 Å². The smallest absolute Gasteiger partial charge is 0.343 e. The van der Waals surface area contributed by atoms with Crippen LogP contribution in [0, 0.1) is 10.8 Å². The Hall–Kier alpha value is -9.60. The predicted octanol–water partition coefficient (Wildman–Crippen LogP) is 19.2. The first-order valence-corrected chi connectivity index (χ1v) is 38.7. The number of ether oxygens (including phenoxy) is 14. The van der Waals surface area contributed by atoms with Gasteiger partial charge >= 0.3 is 35.8 Å². The third-order valence-corrected chi connectivity index (χ3v) is 19.2. The molecule has 2 aliphatic rings. The molecule has 2 saturated heterocycles. The van der Waals surface area contributed by atoms with Gasteiger partial charge in [-0.1, -0.05) is 105 Å². The Morgan fingerprint density at radius 3 is 0.704 bits per heavy atom. The molecule has 20 nitrogen and oxygen atoms in total. The van der Waals surface area contributed by atoms with E-state index in [1.54, 1.807) is 72.8 Å². The molecule has 578 valence electrons. The lowest BCUT2D eigenvalue weighted by atomic mass is 9.84. The van der Waals surface area contributed by atoms with Crippen molar-refractivity contribution < 1.29 is 95.1 Å². The zero-order valence-electron chi connectivity index (χ0n) is 63.2. The van der Waals surface area contributed by atoms with E-state index in [-0.39, 0.29) is 55.7 Å². The second-order valence-corrected chi connectivity index (χ2v) is 27.8. The summed E-state index contributed by atoms with van der Waals surface area (Å²) in [5.74, 6) is -4.22. The van der Waals surface area contributed by atoms with E-state index in [0.29, 0.717) is 75.9 Å². The highest BCUT2D eigenvalue weighted by Gasteiger charge is 2.38. The Morgan fingerprint density at radius 2 is 0.481 bits per heavy atom. The molecule has 0 aliphatic carbocycles. The second kappa shape index (κ2) is 44.6. The minimum atomic E-state index is -0.974. The maximum absolute atomic E-state index is 14.3. The molecule has 20 heteroatoms. The number of unbranched alkanes of at least 4 members (excludes halogenated alkanes) is 16. The second-order valence-electron chi connectivity index (χ2n) is 27.8. The van der Waals surface area contributed by atoms with Crippen molar-refractivity contribution in [2.45, 2.75) is 169 Å². The van der Waals surface area contributed by atoms with Gasteiger partial charge in [0, 0.05) is 36.2 Å². The first kappa shape index (κ1) is 82.5. The zero-order chi connectivity index (χ0) is 76.0. The molecule has 108 heavy (non-hydrogen) atoms. The molecule has 9 rings (SSSR count). The summed E-state index contributed by atoms with van der Waals surface area (Å²) in [6, 6.07) is 39.2. The van der Waals surface area contributed by atoms with Crippen LogP contribution in [0.3, 0.4) is 0 Å². The summed E-state index contributed by atoms with van der Waals surface area (Å²) < 4.78 is 81.9. The van der Waals surface area contributed by atoms with Gasteiger partial charge in [-0.2, -0.15) is 0 Å². The van der Waals surface area contributed by atoms with Gasteiger partial charge in [0.2, 0.25) is 0 Å². The van der Waals surface area contributed by atoms with Gasteiger partial charge in [-0.3, -0.25) is 0 Å². The minimum Gasteiger partial charge on any atom is -0.494 e. The first-order chi connectivity index (χ1) is 52.8. The number of carbonyl (C=O) groups excluding carboxylic acids is 6. The van der Waals surface area contributed by atoms with E-state index >= 15 is 0 Å². The third-order valence-electron chi connectivity index (χ3n) is 19.2. The fraction of sp³-hybridized carbons (Fsp3) is 0.455. The lowest BCUT2D eigenvalue weighted by Crippen LogP contribution is -2.45. The van der Waals surface area contributed by atoms with E-state index in [1.165, 1.54) is 124 Å². The molecule has 2 aliphatic heterocycles. The van der Waals surface area contributed by atoms with E-state index in [9.17, 15) is 28.8 Å². The quantitative estimate of drug-likeness (QED) is 0.0196. The molecule has 2 fully saturated rings. The first-order valence-electron chi connectivity index (χ1n) is 38.7. The van der Waals surface area contributed by atoms with Crippen molar-refractivity contribution in [1.29, 1.82) is 0 Å². The van der Waals surface area contributed by atoms with E-state index in [1.807, 2.05) is 0 Å².